The van der Waals surface area contributed by atoms with Gasteiger partial charge >= 0.3 is 0 Å². The van der Waals surface area contributed by atoms with Gasteiger partial charge in [-0.25, -0.2) is 18.4 Å². The van der Waals surface area contributed by atoms with Crippen molar-refractivity contribution in [3.63, 3.8) is 0 Å². The number of carbonyl (C=O) groups is 2. The molecule has 1 aromatic heterocycles. The highest BCUT2D eigenvalue weighted by molar-refractivity contribution is 8.08. The number of nitrogens with zero attached hydrogens (tertiary/aromatic N) is 5. The van der Waals surface area contributed by atoms with E-state index >= 15 is 0 Å². The molecule has 10 heteroatoms. The molecular weight excluding hydrogens is 406 g/mol. The monoisotopic (exact) mass is 427 g/mol. The molecule has 0 spiro atoms. The summed E-state index contributed by atoms with van der Waals surface area (Å²) in [6.45, 7) is 4.61. The standard InChI is InChI=1S/C20H21N5O4S/c1-14-5-7-16(8-6-14)25-18-17(4-3-9-21-18)30(28,29)19(22-25)20(27)24-12-10-23(11-13-24)15(2)26/h3-9H,10-13H2,1-2H3. The normalized spacial score (nSPS) is 17.9. The van der Waals surface area contributed by atoms with Gasteiger partial charge in [-0.15, -0.1) is 5.10 Å². The Labute approximate surface area is 174 Å². The average Bonchev–Trinajstić information content (AvgIpc) is 2.74. The Bertz CT molecular complexity index is 1140. The number of anilines is 2. The first-order chi connectivity index (χ1) is 14.3. The number of hydrazone groups is 1. The Morgan fingerprint density at radius 3 is 2.23 bits per heavy atom. The number of rotatable bonds is 2. The van der Waals surface area contributed by atoms with Gasteiger partial charge in [0.05, 0.1) is 5.69 Å². The molecule has 2 aromatic rings. The second-order valence-corrected chi connectivity index (χ2v) is 9.01. The smallest absolute Gasteiger partial charge is 0.286 e. The van der Waals surface area contributed by atoms with Gasteiger partial charge in [0.15, 0.2) is 5.82 Å². The van der Waals surface area contributed by atoms with E-state index in [1.54, 1.807) is 17.0 Å². The molecule has 0 aliphatic carbocycles. The van der Waals surface area contributed by atoms with Crippen molar-refractivity contribution >= 4 is 38.2 Å². The number of piperazine rings is 1. The lowest BCUT2D eigenvalue weighted by atomic mass is 10.2. The third kappa shape index (κ3) is 3.43. The van der Waals surface area contributed by atoms with Crippen molar-refractivity contribution in [1.29, 1.82) is 0 Å². The van der Waals surface area contributed by atoms with Crippen molar-refractivity contribution in [2.75, 3.05) is 31.2 Å². The maximum absolute atomic E-state index is 13.2. The predicted molar refractivity (Wildman–Crippen MR) is 111 cm³/mol. The molecular formula is C20H21N5O4S. The van der Waals surface area contributed by atoms with Gasteiger partial charge in [-0.05, 0) is 31.2 Å². The fourth-order valence-electron chi connectivity index (χ4n) is 3.43. The van der Waals surface area contributed by atoms with Crippen LogP contribution in [0.5, 0.6) is 0 Å². The van der Waals surface area contributed by atoms with Crippen LogP contribution in [0.25, 0.3) is 0 Å². The van der Waals surface area contributed by atoms with Crippen LogP contribution in [0.1, 0.15) is 12.5 Å². The summed E-state index contributed by atoms with van der Waals surface area (Å²) < 4.78 is 26.4. The van der Waals surface area contributed by atoms with E-state index < -0.39 is 20.8 Å². The first kappa shape index (κ1) is 20.0. The number of hydrogen-bond donors (Lipinski definition) is 0. The van der Waals surface area contributed by atoms with Gasteiger partial charge in [0.1, 0.15) is 4.90 Å². The summed E-state index contributed by atoms with van der Waals surface area (Å²) in [6, 6.07) is 10.3. The van der Waals surface area contributed by atoms with E-state index in [0.29, 0.717) is 18.8 Å². The second kappa shape index (κ2) is 7.52. The van der Waals surface area contributed by atoms with Crippen LogP contribution in [-0.4, -0.2) is 66.2 Å². The van der Waals surface area contributed by atoms with E-state index in [1.807, 2.05) is 19.1 Å². The molecule has 2 amide bonds. The Hall–Kier alpha value is -3.27. The van der Waals surface area contributed by atoms with Gasteiger partial charge in [0.2, 0.25) is 20.8 Å². The van der Waals surface area contributed by atoms with Gasteiger partial charge in [-0.3, -0.25) is 9.59 Å². The molecule has 0 saturated carbocycles. The fourth-order valence-corrected chi connectivity index (χ4v) is 4.82. The van der Waals surface area contributed by atoms with E-state index in [9.17, 15) is 18.0 Å². The Kier molecular flexibility index (Phi) is 5.02. The largest absolute Gasteiger partial charge is 0.339 e. The Balaban J connectivity index is 1.74. The summed E-state index contributed by atoms with van der Waals surface area (Å²) in [6.07, 6.45) is 1.48. The molecule has 0 atom stereocenters. The lowest BCUT2D eigenvalue weighted by molar-refractivity contribution is -0.134. The van der Waals surface area contributed by atoms with Crippen molar-refractivity contribution in [1.82, 2.24) is 14.8 Å². The van der Waals surface area contributed by atoms with Crippen LogP contribution in [0.2, 0.25) is 0 Å². The number of carbonyl (C=O) groups excluding carboxylic acids is 2. The lowest BCUT2D eigenvalue weighted by Gasteiger charge is -2.35. The maximum atomic E-state index is 13.2. The molecule has 0 unspecified atom stereocenters. The molecule has 0 N–H and O–H groups in total. The number of amides is 2. The van der Waals surface area contributed by atoms with Crippen LogP contribution >= 0.6 is 0 Å². The first-order valence-corrected chi connectivity index (χ1v) is 11.0. The lowest BCUT2D eigenvalue weighted by Crippen LogP contribution is -2.53. The molecule has 0 bridgehead atoms. The Morgan fingerprint density at radius 1 is 0.967 bits per heavy atom. The van der Waals surface area contributed by atoms with Crippen LogP contribution in [0.15, 0.2) is 52.6 Å². The number of aromatic nitrogens is 1. The Morgan fingerprint density at radius 2 is 1.60 bits per heavy atom. The van der Waals surface area contributed by atoms with Crippen molar-refractivity contribution < 1.29 is 18.0 Å². The summed E-state index contributed by atoms with van der Waals surface area (Å²) in [5.74, 6) is -0.598. The van der Waals surface area contributed by atoms with E-state index in [4.69, 9.17) is 0 Å². The maximum Gasteiger partial charge on any atom is 0.286 e. The molecule has 9 nitrogen and oxygen atoms in total. The van der Waals surface area contributed by atoms with E-state index in [1.165, 1.54) is 35.2 Å². The van der Waals surface area contributed by atoms with E-state index in [0.717, 1.165) is 5.56 Å². The zero-order valence-corrected chi connectivity index (χ0v) is 17.5. The average molecular weight is 427 g/mol. The molecule has 1 fully saturated rings. The zero-order valence-electron chi connectivity index (χ0n) is 16.6. The highest BCUT2D eigenvalue weighted by atomic mass is 32.2. The molecule has 2 aliphatic rings. The number of pyridine rings is 1. The predicted octanol–water partition coefficient (Wildman–Crippen LogP) is 1.32. The third-order valence-corrected chi connectivity index (χ3v) is 6.82. The SMILES string of the molecule is CC(=O)N1CCN(C(=O)C2=NN(c3ccc(C)cc3)c3ncccc3S2(=O)=O)CC1. The second-order valence-electron chi connectivity index (χ2n) is 7.18. The van der Waals surface area contributed by atoms with Crippen molar-refractivity contribution in [3.8, 4) is 0 Å². The summed E-state index contributed by atoms with van der Waals surface area (Å²) in [7, 11) is -4.14. The number of sulfone groups is 1. The molecule has 1 saturated heterocycles. The quantitative estimate of drug-likeness (QED) is 0.716. The molecule has 1 aromatic carbocycles. The molecule has 3 heterocycles. The highest BCUT2D eigenvalue weighted by Gasteiger charge is 2.41. The number of hydrogen-bond acceptors (Lipinski definition) is 7. The van der Waals surface area contributed by atoms with E-state index in [2.05, 4.69) is 10.1 Å². The number of fused-ring (bicyclic) bond motifs is 1. The molecule has 4 rings (SSSR count). The van der Waals surface area contributed by atoms with Gasteiger partial charge in [0, 0.05) is 39.3 Å². The van der Waals surface area contributed by atoms with Gasteiger partial charge in [0.25, 0.3) is 5.91 Å². The van der Waals surface area contributed by atoms with Gasteiger partial charge in [-0.1, -0.05) is 17.7 Å². The molecule has 156 valence electrons. The van der Waals surface area contributed by atoms with Crippen molar-refractivity contribution in [3.05, 3.63) is 48.2 Å². The van der Waals surface area contributed by atoms with Crippen LogP contribution in [0.4, 0.5) is 11.5 Å². The van der Waals surface area contributed by atoms with Crippen LogP contribution < -0.4 is 5.01 Å². The summed E-state index contributed by atoms with van der Waals surface area (Å²) in [5, 5.41) is 5.07. The minimum Gasteiger partial charge on any atom is -0.339 e. The van der Waals surface area contributed by atoms with Crippen LogP contribution in [-0.2, 0) is 19.4 Å². The minimum atomic E-state index is -4.14. The summed E-state index contributed by atoms with van der Waals surface area (Å²) >= 11 is 0. The van der Waals surface area contributed by atoms with Crippen molar-refractivity contribution in [2.45, 2.75) is 18.7 Å². The van der Waals surface area contributed by atoms with Gasteiger partial charge < -0.3 is 9.80 Å². The third-order valence-electron chi connectivity index (χ3n) is 5.16. The van der Waals surface area contributed by atoms with Crippen molar-refractivity contribution in [2.24, 2.45) is 5.10 Å². The highest BCUT2D eigenvalue weighted by Crippen LogP contribution is 2.35. The first-order valence-electron chi connectivity index (χ1n) is 9.49. The van der Waals surface area contributed by atoms with E-state index in [-0.39, 0.29) is 29.7 Å². The number of benzene rings is 1. The fraction of sp³-hybridized carbons (Fsp3) is 0.300. The van der Waals surface area contributed by atoms with Crippen LogP contribution in [0.3, 0.4) is 0 Å². The molecule has 30 heavy (non-hydrogen) atoms. The molecule has 2 aliphatic heterocycles. The number of aryl methyl sites for hydroxylation is 1. The van der Waals surface area contributed by atoms with Crippen LogP contribution in [0, 0.1) is 6.92 Å². The topological polar surface area (TPSA) is 103 Å². The molecule has 0 radical (unpaired) electrons. The minimum absolute atomic E-state index is 0.0636. The summed E-state index contributed by atoms with van der Waals surface area (Å²) in [4.78, 5) is 31.9. The summed E-state index contributed by atoms with van der Waals surface area (Å²) in [5.41, 5.74) is 1.63. The zero-order chi connectivity index (χ0) is 21.5. The van der Waals surface area contributed by atoms with Gasteiger partial charge in [-0.2, -0.15) is 0 Å².